The standard InChI is InChI=1S/C22H25ClN2O3/c23-19-8-2-1-6-16(19)13-25-11-5-7-17(14-25)22(26)24-12-18-15-27-20-9-3-4-10-21(20)28-18/h1-4,6,8-10,17-18H,5,7,11-15H2,(H,24,26)/t17-,18-/m0/s1. The van der Waals surface area contributed by atoms with Gasteiger partial charge < -0.3 is 14.8 Å². The Kier molecular flexibility index (Phi) is 6.03. The van der Waals surface area contributed by atoms with E-state index in [9.17, 15) is 4.79 Å². The summed E-state index contributed by atoms with van der Waals surface area (Å²) < 4.78 is 11.6. The summed E-state index contributed by atoms with van der Waals surface area (Å²) in [5.74, 6) is 1.57. The van der Waals surface area contributed by atoms with Gasteiger partial charge in [0.15, 0.2) is 11.5 Å². The second-order valence-corrected chi connectivity index (χ2v) is 7.82. The van der Waals surface area contributed by atoms with Gasteiger partial charge in [0.1, 0.15) is 12.7 Å². The molecule has 5 nitrogen and oxygen atoms in total. The molecule has 0 spiro atoms. The van der Waals surface area contributed by atoms with Crippen LogP contribution in [0.5, 0.6) is 11.5 Å². The van der Waals surface area contributed by atoms with Gasteiger partial charge in [0.2, 0.25) is 5.91 Å². The highest BCUT2D eigenvalue weighted by Crippen LogP contribution is 2.30. The normalized spacial score (nSPS) is 21.9. The van der Waals surface area contributed by atoms with Crippen molar-refractivity contribution >= 4 is 17.5 Å². The Morgan fingerprint density at radius 3 is 2.79 bits per heavy atom. The van der Waals surface area contributed by atoms with Gasteiger partial charge in [-0.2, -0.15) is 0 Å². The molecule has 2 aromatic carbocycles. The summed E-state index contributed by atoms with van der Waals surface area (Å²) in [5, 5.41) is 3.83. The van der Waals surface area contributed by atoms with Gasteiger partial charge in [-0.15, -0.1) is 0 Å². The fraction of sp³-hybridized carbons (Fsp3) is 0.409. The topological polar surface area (TPSA) is 50.8 Å². The molecular weight excluding hydrogens is 376 g/mol. The minimum Gasteiger partial charge on any atom is -0.486 e. The second kappa shape index (κ2) is 8.84. The molecule has 6 heteroatoms. The van der Waals surface area contributed by atoms with Gasteiger partial charge >= 0.3 is 0 Å². The maximum atomic E-state index is 12.7. The van der Waals surface area contributed by atoms with Crippen molar-refractivity contribution in [2.75, 3.05) is 26.2 Å². The molecule has 0 saturated carbocycles. The van der Waals surface area contributed by atoms with Gasteiger partial charge in [-0.1, -0.05) is 41.9 Å². The van der Waals surface area contributed by atoms with Crippen LogP contribution >= 0.6 is 11.6 Å². The third kappa shape index (κ3) is 4.59. The molecule has 0 unspecified atom stereocenters. The minimum absolute atomic E-state index is 0.00645. The summed E-state index contributed by atoms with van der Waals surface area (Å²) in [6, 6.07) is 15.5. The lowest BCUT2D eigenvalue weighted by Gasteiger charge is -2.33. The van der Waals surface area contributed by atoms with E-state index < -0.39 is 0 Å². The maximum Gasteiger partial charge on any atom is 0.224 e. The van der Waals surface area contributed by atoms with Crippen LogP contribution in [0.3, 0.4) is 0 Å². The van der Waals surface area contributed by atoms with E-state index in [2.05, 4.69) is 10.2 Å². The van der Waals surface area contributed by atoms with E-state index in [0.29, 0.717) is 13.2 Å². The summed E-state index contributed by atoms with van der Waals surface area (Å²) in [6.45, 7) is 3.42. The molecule has 2 atom stereocenters. The lowest BCUT2D eigenvalue weighted by atomic mass is 9.96. The highest BCUT2D eigenvalue weighted by Gasteiger charge is 2.27. The van der Waals surface area contributed by atoms with Gasteiger partial charge in [-0.25, -0.2) is 0 Å². The lowest BCUT2D eigenvalue weighted by Crippen LogP contribution is -2.46. The van der Waals surface area contributed by atoms with E-state index >= 15 is 0 Å². The number of halogens is 1. The summed E-state index contributed by atoms with van der Waals surface area (Å²) in [5.41, 5.74) is 1.11. The Hall–Kier alpha value is -2.24. The van der Waals surface area contributed by atoms with Crippen LogP contribution in [0, 0.1) is 5.92 Å². The molecule has 0 aromatic heterocycles. The van der Waals surface area contributed by atoms with E-state index in [1.54, 1.807) is 0 Å². The van der Waals surface area contributed by atoms with E-state index in [4.69, 9.17) is 21.1 Å². The van der Waals surface area contributed by atoms with Crippen molar-refractivity contribution in [1.82, 2.24) is 10.2 Å². The lowest BCUT2D eigenvalue weighted by molar-refractivity contribution is -0.127. The Morgan fingerprint density at radius 2 is 1.93 bits per heavy atom. The zero-order valence-corrected chi connectivity index (χ0v) is 16.5. The van der Waals surface area contributed by atoms with Crippen LogP contribution in [0.15, 0.2) is 48.5 Å². The van der Waals surface area contributed by atoms with Crippen LogP contribution in [0.2, 0.25) is 5.02 Å². The number of piperidine rings is 1. The molecule has 2 aliphatic heterocycles. The van der Waals surface area contributed by atoms with E-state index in [1.165, 1.54) is 0 Å². The third-order valence-electron chi connectivity index (χ3n) is 5.30. The molecule has 0 aliphatic carbocycles. The van der Waals surface area contributed by atoms with Crippen molar-refractivity contribution < 1.29 is 14.3 Å². The minimum atomic E-state index is -0.165. The molecule has 1 amide bonds. The number of carbonyl (C=O) groups is 1. The predicted molar refractivity (Wildman–Crippen MR) is 109 cm³/mol. The smallest absolute Gasteiger partial charge is 0.224 e. The van der Waals surface area contributed by atoms with Crippen molar-refractivity contribution in [2.45, 2.75) is 25.5 Å². The van der Waals surface area contributed by atoms with Crippen LogP contribution in [0.25, 0.3) is 0 Å². The van der Waals surface area contributed by atoms with Crippen molar-refractivity contribution in [1.29, 1.82) is 0 Å². The Morgan fingerprint density at radius 1 is 1.14 bits per heavy atom. The number of nitrogens with zero attached hydrogens (tertiary/aromatic N) is 1. The largest absolute Gasteiger partial charge is 0.486 e. The number of fused-ring (bicyclic) bond motifs is 1. The molecule has 148 valence electrons. The maximum absolute atomic E-state index is 12.7. The zero-order valence-electron chi connectivity index (χ0n) is 15.8. The van der Waals surface area contributed by atoms with Crippen molar-refractivity contribution in [3.8, 4) is 11.5 Å². The Bertz CT molecular complexity index is 829. The average Bonchev–Trinajstić information content (AvgIpc) is 2.74. The Balaban J connectivity index is 1.27. The first-order chi connectivity index (χ1) is 13.7. The number of amides is 1. The first kappa shape index (κ1) is 19.1. The SMILES string of the molecule is O=C(NC[C@H]1COc2ccccc2O1)[C@H]1CCCN(Cc2ccccc2Cl)C1. The molecule has 0 bridgehead atoms. The quantitative estimate of drug-likeness (QED) is 0.834. The number of hydrogen-bond acceptors (Lipinski definition) is 4. The number of carbonyl (C=O) groups excluding carboxylic acids is 1. The average molecular weight is 401 g/mol. The van der Waals surface area contributed by atoms with Gasteiger partial charge in [0, 0.05) is 18.1 Å². The highest BCUT2D eigenvalue weighted by molar-refractivity contribution is 6.31. The van der Waals surface area contributed by atoms with Crippen molar-refractivity contribution in [3.05, 3.63) is 59.1 Å². The molecule has 0 radical (unpaired) electrons. The molecule has 1 saturated heterocycles. The molecule has 4 rings (SSSR count). The molecule has 1 fully saturated rings. The number of hydrogen-bond donors (Lipinski definition) is 1. The highest BCUT2D eigenvalue weighted by atomic mass is 35.5. The van der Waals surface area contributed by atoms with Crippen LogP contribution < -0.4 is 14.8 Å². The van der Waals surface area contributed by atoms with Crippen LogP contribution in [-0.4, -0.2) is 43.2 Å². The van der Waals surface area contributed by atoms with Crippen LogP contribution in [-0.2, 0) is 11.3 Å². The zero-order chi connectivity index (χ0) is 19.3. The van der Waals surface area contributed by atoms with Crippen LogP contribution in [0.4, 0.5) is 0 Å². The molecule has 1 N–H and O–H groups in total. The number of ether oxygens (including phenoxy) is 2. The molecule has 2 heterocycles. The Labute approximate surface area is 170 Å². The number of para-hydroxylation sites is 2. The summed E-state index contributed by atoms with van der Waals surface area (Å²) in [4.78, 5) is 15.0. The fourth-order valence-electron chi connectivity index (χ4n) is 3.80. The van der Waals surface area contributed by atoms with Gasteiger partial charge in [-0.3, -0.25) is 9.69 Å². The molecule has 2 aliphatic rings. The van der Waals surface area contributed by atoms with Crippen molar-refractivity contribution in [3.63, 3.8) is 0 Å². The predicted octanol–water partition coefficient (Wildman–Crippen LogP) is 3.51. The summed E-state index contributed by atoms with van der Waals surface area (Å²) >= 11 is 6.28. The molecular formula is C22H25ClN2O3. The monoisotopic (exact) mass is 400 g/mol. The second-order valence-electron chi connectivity index (χ2n) is 7.41. The van der Waals surface area contributed by atoms with E-state index in [-0.39, 0.29) is 17.9 Å². The molecule has 28 heavy (non-hydrogen) atoms. The fourth-order valence-corrected chi connectivity index (χ4v) is 4.00. The molecule has 2 aromatic rings. The summed E-state index contributed by atoms with van der Waals surface area (Å²) in [7, 11) is 0. The first-order valence-corrected chi connectivity index (χ1v) is 10.2. The first-order valence-electron chi connectivity index (χ1n) is 9.81. The van der Waals surface area contributed by atoms with Gasteiger partial charge in [0.05, 0.1) is 12.5 Å². The number of benzene rings is 2. The number of likely N-dealkylation sites (tertiary alicyclic amines) is 1. The van der Waals surface area contributed by atoms with Gasteiger partial charge in [-0.05, 0) is 43.1 Å². The summed E-state index contributed by atoms with van der Waals surface area (Å²) in [6.07, 6.45) is 1.76. The van der Waals surface area contributed by atoms with Crippen molar-refractivity contribution in [2.24, 2.45) is 5.92 Å². The number of rotatable bonds is 5. The number of nitrogens with one attached hydrogen (secondary N) is 1. The van der Waals surface area contributed by atoms with Crippen LogP contribution in [0.1, 0.15) is 18.4 Å². The van der Waals surface area contributed by atoms with E-state index in [1.807, 2.05) is 48.5 Å². The van der Waals surface area contributed by atoms with Gasteiger partial charge in [0.25, 0.3) is 0 Å². The van der Waals surface area contributed by atoms with E-state index in [0.717, 1.165) is 54.6 Å². The third-order valence-corrected chi connectivity index (χ3v) is 5.67.